The Morgan fingerprint density at radius 2 is 2.09 bits per heavy atom. The van der Waals surface area contributed by atoms with E-state index in [1.807, 2.05) is 6.20 Å². The Bertz CT molecular complexity index is 590. The first-order valence-corrected chi connectivity index (χ1v) is 8.14. The van der Waals surface area contributed by atoms with Gasteiger partial charge in [0.15, 0.2) is 6.30 Å². The van der Waals surface area contributed by atoms with Gasteiger partial charge in [0.05, 0.1) is 6.04 Å². The highest BCUT2D eigenvalue weighted by molar-refractivity contribution is 5.82. The molecule has 2 aliphatic rings. The third-order valence-corrected chi connectivity index (χ3v) is 4.49. The molecule has 3 nitrogen and oxygen atoms in total. The Morgan fingerprint density at radius 3 is 2.77 bits per heavy atom. The van der Waals surface area contributed by atoms with E-state index in [-0.39, 0.29) is 6.04 Å². The maximum atomic E-state index is 13.2. The lowest BCUT2D eigenvalue weighted by atomic mass is 9.95. The molecule has 2 heterocycles. The SMILES string of the molecule is CCN(CC)c1cccc2c1C=C[C@@H](C1=CNC(F)CC1)N2. The van der Waals surface area contributed by atoms with Crippen LogP contribution in [-0.2, 0) is 0 Å². The summed E-state index contributed by atoms with van der Waals surface area (Å²) in [7, 11) is 0. The van der Waals surface area contributed by atoms with Crippen molar-refractivity contribution in [1.29, 1.82) is 0 Å². The van der Waals surface area contributed by atoms with Crippen LogP contribution in [0.3, 0.4) is 0 Å². The zero-order valence-corrected chi connectivity index (χ0v) is 13.3. The molecule has 0 aromatic heterocycles. The van der Waals surface area contributed by atoms with Crippen molar-refractivity contribution < 1.29 is 4.39 Å². The summed E-state index contributed by atoms with van der Waals surface area (Å²) in [6, 6.07) is 6.54. The Hall–Kier alpha value is -1.97. The van der Waals surface area contributed by atoms with Crippen molar-refractivity contribution in [3.63, 3.8) is 0 Å². The third kappa shape index (κ3) is 2.82. The average Bonchev–Trinajstić information content (AvgIpc) is 2.56. The van der Waals surface area contributed by atoms with E-state index in [9.17, 15) is 4.39 Å². The van der Waals surface area contributed by atoms with Crippen LogP contribution in [-0.4, -0.2) is 25.4 Å². The quantitative estimate of drug-likeness (QED) is 0.826. The summed E-state index contributed by atoms with van der Waals surface area (Å²) < 4.78 is 13.2. The minimum absolute atomic E-state index is 0.152. The second kappa shape index (κ2) is 6.42. The van der Waals surface area contributed by atoms with Gasteiger partial charge in [0.25, 0.3) is 0 Å². The van der Waals surface area contributed by atoms with E-state index < -0.39 is 6.30 Å². The minimum Gasteiger partial charge on any atom is -0.374 e. The Balaban J connectivity index is 1.85. The van der Waals surface area contributed by atoms with Crippen LogP contribution in [0.25, 0.3) is 6.08 Å². The molecule has 4 heteroatoms. The molecule has 3 rings (SSSR count). The van der Waals surface area contributed by atoms with Gasteiger partial charge in [-0.25, -0.2) is 4.39 Å². The molecule has 2 atom stereocenters. The van der Waals surface area contributed by atoms with Gasteiger partial charge >= 0.3 is 0 Å². The van der Waals surface area contributed by atoms with Crippen LogP contribution < -0.4 is 15.5 Å². The number of alkyl halides is 1. The van der Waals surface area contributed by atoms with Crippen molar-refractivity contribution in [1.82, 2.24) is 5.32 Å². The molecule has 1 aromatic rings. The number of fused-ring (bicyclic) bond motifs is 1. The number of halogens is 1. The number of anilines is 2. The number of hydrogen-bond donors (Lipinski definition) is 2. The molecule has 22 heavy (non-hydrogen) atoms. The van der Waals surface area contributed by atoms with E-state index in [1.165, 1.54) is 16.8 Å². The molecule has 0 aliphatic carbocycles. The van der Waals surface area contributed by atoms with E-state index in [1.54, 1.807) is 0 Å². The molecular formula is C18H24FN3. The lowest BCUT2D eigenvalue weighted by Gasteiger charge is -2.31. The Labute approximate surface area is 131 Å². The first-order chi connectivity index (χ1) is 10.7. The zero-order valence-electron chi connectivity index (χ0n) is 13.3. The molecule has 0 radical (unpaired) electrons. The standard InChI is InChI=1S/C18H24FN3/c1-3-22(4-2)17-7-5-6-16-14(17)9-10-15(21-16)13-8-11-18(19)20-12-13/h5-7,9-10,12,15,18,20-21H,3-4,8,11H2,1-2H3/t15-,18?/m0/s1. The molecule has 2 aliphatic heterocycles. The van der Waals surface area contributed by atoms with Crippen LogP contribution in [0.4, 0.5) is 15.8 Å². The zero-order chi connectivity index (χ0) is 15.5. The van der Waals surface area contributed by atoms with Gasteiger partial charge in [0, 0.05) is 42.6 Å². The normalized spacial score (nSPS) is 23.1. The van der Waals surface area contributed by atoms with E-state index in [4.69, 9.17) is 0 Å². The fourth-order valence-corrected chi connectivity index (χ4v) is 3.21. The van der Waals surface area contributed by atoms with Crippen molar-refractivity contribution in [2.24, 2.45) is 0 Å². The summed E-state index contributed by atoms with van der Waals surface area (Å²) in [4.78, 5) is 2.36. The van der Waals surface area contributed by atoms with Crippen molar-refractivity contribution in [2.75, 3.05) is 23.3 Å². The summed E-state index contributed by atoms with van der Waals surface area (Å²) in [5.41, 5.74) is 4.88. The average molecular weight is 301 g/mol. The molecule has 0 bridgehead atoms. The van der Waals surface area contributed by atoms with Crippen LogP contribution >= 0.6 is 0 Å². The highest BCUT2D eigenvalue weighted by atomic mass is 19.1. The maximum Gasteiger partial charge on any atom is 0.169 e. The number of nitrogens with one attached hydrogen (secondary N) is 2. The minimum atomic E-state index is -0.905. The topological polar surface area (TPSA) is 27.3 Å². The van der Waals surface area contributed by atoms with Crippen molar-refractivity contribution in [3.05, 3.63) is 41.6 Å². The van der Waals surface area contributed by atoms with E-state index >= 15 is 0 Å². The second-order valence-electron chi connectivity index (χ2n) is 5.78. The van der Waals surface area contributed by atoms with Gasteiger partial charge in [-0.2, -0.15) is 0 Å². The van der Waals surface area contributed by atoms with Crippen molar-refractivity contribution in [2.45, 2.75) is 39.0 Å². The van der Waals surface area contributed by atoms with Gasteiger partial charge in [-0.05, 0) is 38.0 Å². The van der Waals surface area contributed by atoms with Crippen LogP contribution in [0.15, 0.2) is 36.0 Å². The number of benzene rings is 1. The molecule has 0 saturated carbocycles. The van der Waals surface area contributed by atoms with Crippen molar-refractivity contribution >= 4 is 17.5 Å². The van der Waals surface area contributed by atoms with Crippen LogP contribution in [0.2, 0.25) is 0 Å². The molecule has 1 aromatic carbocycles. The third-order valence-electron chi connectivity index (χ3n) is 4.49. The molecule has 0 spiro atoms. The van der Waals surface area contributed by atoms with E-state index in [0.717, 1.165) is 25.2 Å². The number of rotatable bonds is 4. The number of hydrogen-bond acceptors (Lipinski definition) is 3. The Morgan fingerprint density at radius 1 is 1.27 bits per heavy atom. The summed E-state index contributed by atoms with van der Waals surface area (Å²) in [5, 5.41) is 6.37. The van der Waals surface area contributed by atoms with Crippen LogP contribution in [0.5, 0.6) is 0 Å². The molecular weight excluding hydrogens is 277 g/mol. The second-order valence-corrected chi connectivity index (χ2v) is 5.78. The van der Waals surface area contributed by atoms with Gasteiger partial charge in [-0.15, -0.1) is 0 Å². The fourth-order valence-electron chi connectivity index (χ4n) is 3.21. The first-order valence-electron chi connectivity index (χ1n) is 8.14. The van der Waals surface area contributed by atoms with Crippen molar-refractivity contribution in [3.8, 4) is 0 Å². The predicted molar refractivity (Wildman–Crippen MR) is 91.8 cm³/mol. The molecule has 0 saturated heterocycles. The monoisotopic (exact) mass is 301 g/mol. The number of nitrogens with zero attached hydrogens (tertiary/aromatic N) is 1. The van der Waals surface area contributed by atoms with E-state index in [0.29, 0.717) is 6.42 Å². The summed E-state index contributed by atoms with van der Waals surface area (Å²) in [6.45, 7) is 6.35. The summed E-state index contributed by atoms with van der Waals surface area (Å²) in [6.07, 6.45) is 6.65. The maximum absolute atomic E-state index is 13.2. The Kier molecular flexibility index (Phi) is 4.36. The molecule has 1 unspecified atom stereocenters. The lowest BCUT2D eigenvalue weighted by Crippen LogP contribution is -2.31. The highest BCUT2D eigenvalue weighted by Gasteiger charge is 2.22. The highest BCUT2D eigenvalue weighted by Crippen LogP contribution is 2.34. The fraction of sp³-hybridized carbons (Fsp3) is 0.444. The van der Waals surface area contributed by atoms with Crippen LogP contribution in [0.1, 0.15) is 32.3 Å². The molecule has 2 N–H and O–H groups in total. The van der Waals surface area contributed by atoms with Gasteiger partial charge in [0.2, 0.25) is 0 Å². The van der Waals surface area contributed by atoms with Gasteiger partial charge < -0.3 is 15.5 Å². The van der Waals surface area contributed by atoms with Gasteiger partial charge in [0.1, 0.15) is 0 Å². The van der Waals surface area contributed by atoms with Crippen LogP contribution in [0, 0.1) is 0 Å². The summed E-state index contributed by atoms with van der Waals surface area (Å²) >= 11 is 0. The lowest BCUT2D eigenvalue weighted by molar-refractivity contribution is 0.272. The molecule has 0 fully saturated rings. The predicted octanol–water partition coefficient (Wildman–Crippen LogP) is 3.90. The van der Waals surface area contributed by atoms with E-state index in [2.05, 4.69) is 59.7 Å². The molecule has 0 amide bonds. The van der Waals surface area contributed by atoms with Gasteiger partial charge in [-0.3, -0.25) is 0 Å². The smallest absolute Gasteiger partial charge is 0.169 e. The largest absolute Gasteiger partial charge is 0.374 e. The van der Waals surface area contributed by atoms with Gasteiger partial charge in [-0.1, -0.05) is 18.2 Å². The summed E-state index contributed by atoms with van der Waals surface area (Å²) in [5.74, 6) is 0. The molecule has 118 valence electrons. The first kappa shape index (κ1) is 14.9.